The Labute approximate surface area is 157 Å². The summed E-state index contributed by atoms with van der Waals surface area (Å²) >= 11 is 0. The van der Waals surface area contributed by atoms with E-state index in [1.165, 1.54) is 0 Å². The van der Waals surface area contributed by atoms with Crippen LogP contribution in [0.25, 0.3) is 11.3 Å². The average Bonchev–Trinajstić information content (AvgIpc) is 2.63. The Kier molecular flexibility index (Phi) is 3.53. The number of hydrogen-bond donors (Lipinski definition) is 1. The Morgan fingerprint density at radius 1 is 1.21 bits per heavy atom. The van der Waals surface area contributed by atoms with Gasteiger partial charge in [-0.25, -0.2) is 0 Å². The zero-order valence-corrected chi connectivity index (χ0v) is 14.4. The minimum absolute atomic E-state index is 0. The molecule has 0 bridgehead atoms. The summed E-state index contributed by atoms with van der Waals surface area (Å²) < 4.78 is 58.2. The van der Waals surface area contributed by atoms with Crippen molar-refractivity contribution in [1.29, 1.82) is 0 Å². The van der Waals surface area contributed by atoms with Gasteiger partial charge in [0.2, 0.25) is 5.69 Å². The van der Waals surface area contributed by atoms with Gasteiger partial charge in [-0.2, -0.15) is 4.57 Å². The summed E-state index contributed by atoms with van der Waals surface area (Å²) in [5.41, 5.74) is 2.96. The van der Waals surface area contributed by atoms with Crippen molar-refractivity contribution in [2.75, 3.05) is 14.2 Å². The molecule has 0 aliphatic carbocycles. The van der Waals surface area contributed by atoms with E-state index in [9.17, 15) is 5.11 Å². The summed E-state index contributed by atoms with van der Waals surface area (Å²) in [6, 6.07) is 5.29. The van der Waals surface area contributed by atoms with Crippen LogP contribution >= 0.6 is 0 Å². The van der Waals surface area contributed by atoms with Crippen molar-refractivity contribution < 1.29 is 39.8 Å². The van der Waals surface area contributed by atoms with Gasteiger partial charge in [0.05, 0.1) is 31.4 Å². The first-order chi connectivity index (χ1) is 13.5. The van der Waals surface area contributed by atoms with Crippen LogP contribution in [0.5, 0.6) is 17.2 Å². The molecule has 2 heterocycles. The van der Waals surface area contributed by atoms with E-state index >= 15 is 0 Å². The van der Waals surface area contributed by atoms with E-state index in [0.29, 0.717) is 30.0 Å². The van der Waals surface area contributed by atoms with E-state index < -0.39 is 19.6 Å². The Morgan fingerprint density at radius 3 is 2.58 bits per heavy atom. The van der Waals surface area contributed by atoms with Gasteiger partial charge in [-0.15, -0.1) is 0 Å². The van der Waals surface area contributed by atoms with Crippen molar-refractivity contribution in [2.45, 2.75) is 33.1 Å². The molecule has 0 unspecified atom stereocenters. The second-order valence-electron chi connectivity index (χ2n) is 5.63. The van der Waals surface area contributed by atoms with Gasteiger partial charge in [0, 0.05) is 14.6 Å². The summed E-state index contributed by atoms with van der Waals surface area (Å²) in [5.74, 6) is -0.496. The first kappa shape index (κ1) is 11.6. The van der Waals surface area contributed by atoms with E-state index in [2.05, 4.69) is 0 Å². The van der Waals surface area contributed by atoms with Crippen LogP contribution < -0.4 is 26.4 Å². The molecule has 1 aromatic heterocycles. The number of aromatic nitrogens is 1. The van der Waals surface area contributed by atoms with Crippen molar-refractivity contribution in [1.82, 2.24) is 0 Å². The highest BCUT2D eigenvalue weighted by atomic mass is 35.5. The monoisotopic (exact) mass is 355 g/mol. The van der Waals surface area contributed by atoms with Crippen molar-refractivity contribution in [3.63, 3.8) is 0 Å². The number of ether oxygens (including phenoxy) is 2. The molecular formula is C19H24ClNO3. The van der Waals surface area contributed by atoms with E-state index in [-0.39, 0.29) is 24.6 Å². The van der Waals surface area contributed by atoms with Crippen molar-refractivity contribution in [2.24, 2.45) is 5.92 Å². The molecule has 1 aliphatic rings. The first-order valence-electron chi connectivity index (χ1n) is 10.5. The van der Waals surface area contributed by atoms with E-state index in [1.807, 2.05) is 16.7 Å². The third-order valence-electron chi connectivity index (χ3n) is 4.15. The molecule has 5 heteroatoms. The van der Waals surface area contributed by atoms with Gasteiger partial charge in [-0.3, -0.25) is 0 Å². The van der Waals surface area contributed by atoms with Gasteiger partial charge < -0.3 is 27.0 Å². The fourth-order valence-corrected chi connectivity index (χ4v) is 3.03. The molecular weight excluding hydrogens is 326 g/mol. The maximum Gasteiger partial charge on any atom is 0.216 e. The predicted octanol–water partition coefficient (Wildman–Crippen LogP) is 0.122. The van der Waals surface area contributed by atoms with Crippen LogP contribution in [0.4, 0.5) is 0 Å². The number of rotatable bonds is 4. The molecule has 0 fully saturated rings. The quantitative estimate of drug-likeness (QED) is 0.792. The first-order valence-corrected chi connectivity index (χ1v) is 7.46. The number of methoxy groups -OCH3 is 2. The van der Waals surface area contributed by atoms with Crippen molar-refractivity contribution in [3.05, 3.63) is 35.5 Å². The second kappa shape index (κ2) is 7.31. The fraction of sp³-hybridized carbons (Fsp3) is 0.421. The summed E-state index contributed by atoms with van der Waals surface area (Å²) in [6.45, 7) is -4.71. The van der Waals surface area contributed by atoms with Crippen LogP contribution in [0.2, 0.25) is 0 Å². The Bertz CT molecular complexity index is 916. The molecule has 1 aromatic carbocycles. The lowest BCUT2D eigenvalue weighted by Crippen LogP contribution is -3.00. The molecule has 0 atom stereocenters. The van der Waals surface area contributed by atoms with E-state index in [0.717, 1.165) is 16.8 Å². The number of aryl methyl sites for hydroxylation is 2. The molecule has 24 heavy (non-hydrogen) atoms. The van der Waals surface area contributed by atoms with Gasteiger partial charge in [0.25, 0.3) is 0 Å². The number of pyridine rings is 1. The number of nitrogens with zero attached hydrogens (tertiary/aromatic N) is 1. The standard InChI is InChI=1S/C19H23NO3.ClH/c1-12(2)7-14-11-20-6-5-13-8-18(22-3)19(23-4)9-15(13)16(20)10-17(14)21;/h8-12H,5-7H2,1-4H3;1H/i1D3,2D3;. The molecule has 0 saturated heterocycles. The second-order valence-corrected chi connectivity index (χ2v) is 5.63. The smallest absolute Gasteiger partial charge is 0.216 e. The minimum atomic E-state index is -2.66. The maximum absolute atomic E-state index is 10.6. The van der Waals surface area contributed by atoms with Gasteiger partial charge in [-0.05, 0) is 30.0 Å². The van der Waals surface area contributed by atoms with Crippen LogP contribution in [-0.4, -0.2) is 19.3 Å². The van der Waals surface area contributed by atoms with Gasteiger partial charge >= 0.3 is 0 Å². The normalized spacial score (nSPS) is 17.0. The van der Waals surface area contributed by atoms with E-state index in [4.69, 9.17) is 17.7 Å². The highest BCUT2D eigenvalue weighted by Crippen LogP contribution is 2.37. The largest absolute Gasteiger partial charge is 1.00 e. The number of benzene rings is 1. The molecule has 1 N–H and O–H groups in total. The summed E-state index contributed by atoms with van der Waals surface area (Å²) in [6.07, 6.45) is 2.09. The average molecular weight is 356 g/mol. The zero-order valence-electron chi connectivity index (χ0n) is 19.6. The molecule has 130 valence electrons. The van der Waals surface area contributed by atoms with Gasteiger partial charge in [0.15, 0.2) is 24.2 Å². The van der Waals surface area contributed by atoms with Crippen LogP contribution in [0.1, 0.15) is 33.1 Å². The molecule has 0 amide bonds. The Hall–Kier alpha value is -1.94. The van der Waals surface area contributed by atoms with Gasteiger partial charge in [-0.1, -0.05) is 13.7 Å². The predicted molar refractivity (Wildman–Crippen MR) is 89.1 cm³/mol. The van der Waals surface area contributed by atoms with Crippen LogP contribution in [0.3, 0.4) is 0 Å². The minimum Gasteiger partial charge on any atom is -1.00 e. The lowest BCUT2D eigenvalue weighted by molar-refractivity contribution is -0.688. The highest BCUT2D eigenvalue weighted by molar-refractivity contribution is 5.68. The third kappa shape index (κ3) is 3.29. The SMILES string of the molecule is [2H]C([2H])([2H])C(Cc1c[n+]2c(cc1O)-c1cc(OC)c(OC)cc1CC2)C([2H])([2H])[2H].[Cl-]. The van der Waals surface area contributed by atoms with Crippen LogP contribution in [0.15, 0.2) is 24.4 Å². The summed E-state index contributed by atoms with van der Waals surface area (Å²) in [4.78, 5) is 0. The summed E-state index contributed by atoms with van der Waals surface area (Å²) in [7, 11) is 3.12. The number of aromatic hydroxyl groups is 1. The maximum atomic E-state index is 10.6. The van der Waals surface area contributed by atoms with E-state index in [1.54, 1.807) is 26.5 Å². The third-order valence-corrected chi connectivity index (χ3v) is 4.15. The molecule has 4 nitrogen and oxygen atoms in total. The molecule has 0 radical (unpaired) electrons. The van der Waals surface area contributed by atoms with Crippen molar-refractivity contribution >= 4 is 0 Å². The fourth-order valence-electron chi connectivity index (χ4n) is 3.03. The molecule has 3 rings (SSSR count). The lowest BCUT2D eigenvalue weighted by Gasteiger charge is -2.19. The molecule has 0 spiro atoms. The van der Waals surface area contributed by atoms with Crippen LogP contribution in [-0.2, 0) is 19.4 Å². The number of halogens is 1. The molecule has 2 aromatic rings. The molecule has 0 saturated carbocycles. The van der Waals surface area contributed by atoms with Gasteiger partial charge in [0.1, 0.15) is 5.75 Å². The number of hydrogen-bond acceptors (Lipinski definition) is 3. The highest BCUT2D eigenvalue weighted by Gasteiger charge is 2.27. The van der Waals surface area contributed by atoms with Crippen LogP contribution in [0, 0.1) is 5.92 Å². The number of fused-ring (bicyclic) bond motifs is 3. The lowest BCUT2D eigenvalue weighted by atomic mass is 9.94. The topological polar surface area (TPSA) is 42.6 Å². The Balaban J connectivity index is 0.00000320. The Morgan fingerprint density at radius 2 is 1.92 bits per heavy atom. The van der Waals surface area contributed by atoms with Crippen molar-refractivity contribution in [3.8, 4) is 28.5 Å². The zero-order chi connectivity index (χ0) is 21.6. The summed E-state index contributed by atoms with van der Waals surface area (Å²) in [5, 5.41) is 10.6. The molecule has 1 aliphatic heterocycles.